The number of aromatic nitrogens is 1. The highest BCUT2D eigenvalue weighted by atomic mass is 35.5. The van der Waals surface area contributed by atoms with Crippen molar-refractivity contribution in [1.29, 1.82) is 5.26 Å². The number of Topliss-reactive ketones (excluding diaryl/α,β-unsaturated/α-hetero) is 1. The summed E-state index contributed by atoms with van der Waals surface area (Å²) in [5.74, 6) is 1.13. The molecule has 1 aromatic heterocycles. The fourth-order valence-corrected chi connectivity index (χ4v) is 3.30. The average Bonchev–Trinajstić information content (AvgIpc) is 3.13. The topological polar surface area (TPSA) is 84.3 Å². The Bertz CT molecular complexity index is 1140. The molecular weight excluding hydrogens is 380 g/mol. The quantitative estimate of drug-likeness (QED) is 0.403. The summed E-state index contributed by atoms with van der Waals surface area (Å²) < 4.78 is 16.5. The maximum absolute atomic E-state index is 13.0. The number of hydrogen-bond acceptors (Lipinski definition) is 5. The highest BCUT2D eigenvalue weighted by Crippen LogP contribution is 2.41. The number of nitrogens with one attached hydrogen (secondary N) is 1. The summed E-state index contributed by atoms with van der Waals surface area (Å²) in [7, 11) is 1.52. The van der Waals surface area contributed by atoms with Crippen molar-refractivity contribution in [1.82, 2.24) is 4.98 Å². The molecule has 6 nitrogen and oxygen atoms in total. The van der Waals surface area contributed by atoms with Gasteiger partial charge in [0.25, 0.3) is 0 Å². The molecule has 4 rings (SSSR count). The standard InChI is InChI=1S/C21H15ClN2O4/c1-26-18-7-12(8-19-21(18)28-5-4-27-19)6-13(10-23)20(25)16-11-24-17-9-14(22)2-3-15(16)17/h2-3,6-9,11,24H,4-5H2,1H3. The van der Waals surface area contributed by atoms with Crippen LogP contribution < -0.4 is 14.2 Å². The van der Waals surface area contributed by atoms with Gasteiger partial charge in [-0.25, -0.2) is 0 Å². The van der Waals surface area contributed by atoms with Crippen molar-refractivity contribution in [3.05, 3.63) is 58.3 Å². The van der Waals surface area contributed by atoms with Gasteiger partial charge < -0.3 is 19.2 Å². The summed E-state index contributed by atoms with van der Waals surface area (Å²) in [5, 5.41) is 10.8. The summed E-state index contributed by atoms with van der Waals surface area (Å²) in [6.45, 7) is 0.857. The molecule has 1 aliphatic rings. The lowest BCUT2D eigenvalue weighted by Gasteiger charge is -2.21. The van der Waals surface area contributed by atoms with Gasteiger partial charge >= 0.3 is 0 Å². The van der Waals surface area contributed by atoms with Crippen molar-refractivity contribution >= 4 is 34.4 Å². The van der Waals surface area contributed by atoms with E-state index in [1.807, 2.05) is 6.07 Å². The fraction of sp³-hybridized carbons (Fsp3) is 0.143. The molecule has 3 aromatic rings. The monoisotopic (exact) mass is 394 g/mol. The van der Waals surface area contributed by atoms with Gasteiger partial charge in [-0.3, -0.25) is 4.79 Å². The molecule has 2 aromatic carbocycles. The van der Waals surface area contributed by atoms with E-state index >= 15 is 0 Å². The zero-order valence-corrected chi connectivity index (χ0v) is 15.7. The van der Waals surface area contributed by atoms with Crippen LogP contribution in [0.25, 0.3) is 17.0 Å². The Hall–Kier alpha value is -3.43. The number of H-pyrrole nitrogens is 1. The van der Waals surface area contributed by atoms with E-state index in [-0.39, 0.29) is 11.4 Å². The number of aromatic amines is 1. The number of allylic oxidation sites excluding steroid dienone is 1. The number of methoxy groups -OCH3 is 1. The number of rotatable bonds is 4. The zero-order valence-electron chi connectivity index (χ0n) is 14.9. The van der Waals surface area contributed by atoms with E-state index in [0.29, 0.717) is 52.0 Å². The highest BCUT2D eigenvalue weighted by Gasteiger charge is 2.20. The SMILES string of the molecule is COc1cc(C=C(C#N)C(=O)c2c[nH]c3cc(Cl)ccc23)cc2c1OCCO2. The van der Waals surface area contributed by atoms with Crippen molar-refractivity contribution in [3.8, 4) is 23.3 Å². The second kappa shape index (κ2) is 7.29. The molecule has 1 N–H and O–H groups in total. The molecule has 0 atom stereocenters. The Morgan fingerprint density at radius 1 is 1.29 bits per heavy atom. The number of carbonyl (C=O) groups excluding carboxylic acids is 1. The maximum atomic E-state index is 13.0. The molecule has 140 valence electrons. The van der Waals surface area contributed by atoms with Gasteiger partial charge in [0, 0.05) is 27.7 Å². The molecule has 0 aliphatic carbocycles. The van der Waals surface area contributed by atoms with Crippen LogP contribution >= 0.6 is 11.6 Å². The Balaban J connectivity index is 1.75. The molecule has 0 saturated carbocycles. The van der Waals surface area contributed by atoms with E-state index in [2.05, 4.69) is 4.98 Å². The Labute approximate surface area is 165 Å². The lowest BCUT2D eigenvalue weighted by atomic mass is 10.0. The third-order valence-corrected chi connectivity index (χ3v) is 4.65. The van der Waals surface area contributed by atoms with Crippen molar-refractivity contribution in [2.45, 2.75) is 0 Å². The highest BCUT2D eigenvalue weighted by molar-refractivity contribution is 6.31. The number of ketones is 1. The van der Waals surface area contributed by atoms with Gasteiger partial charge in [-0.05, 0) is 35.9 Å². The Kier molecular flexibility index (Phi) is 4.68. The third-order valence-electron chi connectivity index (χ3n) is 4.41. The van der Waals surface area contributed by atoms with Gasteiger partial charge in [0.05, 0.1) is 7.11 Å². The normalized spacial score (nSPS) is 13.2. The van der Waals surface area contributed by atoms with Crippen LogP contribution in [-0.2, 0) is 0 Å². The molecule has 0 saturated heterocycles. The average molecular weight is 395 g/mol. The van der Waals surface area contributed by atoms with E-state index in [1.54, 1.807) is 36.5 Å². The summed E-state index contributed by atoms with van der Waals surface area (Å²) in [4.78, 5) is 16.0. The molecule has 0 fully saturated rings. The minimum absolute atomic E-state index is 0.00502. The first-order valence-corrected chi connectivity index (χ1v) is 8.89. The summed E-state index contributed by atoms with van der Waals surface area (Å²) in [5.41, 5.74) is 1.74. The van der Waals surface area contributed by atoms with E-state index in [9.17, 15) is 10.1 Å². The second-order valence-corrected chi connectivity index (χ2v) is 6.57. The van der Waals surface area contributed by atoms with Crippen LogP contribution in [0.1, 0.15) is 15.9 Å². The van der Waals surface area contributed by atoms with Gasteiger partial charge in [0.15, 0.2) is 11.5 Å². The van der Waals surface area contributed by atoms with Gasteiger partial charge in [-0.1, -0.05) is 17.7 Å². The van der Waals surface area contributed by atoms with Crippen molar-refractivity contribution in [2.24, 2.45) is 0 Å². The predicted octanol–water partition coefficient (Wildman–Crippen LogP) is 4.39. The Morgan fingerprint density at radius 2 is 2.11 bits per heavy atom. The van der Waals surface area contributed by atoms with Crippen LogP contribution in [0.5, 0.6) is 17.2 Å². The van der Waals surface area contributed by atoms with E-state index in [1.165, 1.54) is 13.2 Å². The molecule has 0 amide bonds. The minimum Gasteiger partial charge on any atom is -0.493 e. The maximum Gasteiger partial charge on any atom is 0.205 e. The number of hydrogen-bond donors (Lipinski definition) is 1. The number of fused-ring (bicyclic) bond motifs is 2. The molecule has 1 aliphatic heterocycles. The van der Waals surface area contributed by atoms with Crippen LogP contribution in [-0.4, -0.2) is 31.1 Å². The van der Waals surface area contributed by atoms with Gasteiger partial charge in [-0.2, -0.15) is 5.26 Å². The van der Waals surface area contributed by atoms with Crippen molar-refractivity contribution in [3.63, 3.8) is 0 Å². The fourth-order valence-electron chi connectivity index (χ4n) is 3.12. The first-order valence-electron chi connectivity index (χ1n) is 8.51. The molecule has 28 heavy (non-hydrogen) atoms. The van der Waals surface area contributed by atoms with Gasteiger partial charge in [0.1, 0.15) is 24.9 Å². The number of benzene rings is 2. The second-order valence-electron chi connectivity index (χ2n) is 6.14. The molecule has 2 heterocycles. The zero-order chi connectivity index (χ0) is 19.7. The molecule has 7 heteroatoms. The van der Waals surface area contributed by atoms with Crippen molar-refractivity contribution < 1.29 is 19.0 Å². The lowest BCUT2D eigenvalue weighted by molar-refractivity contribution is 0.104. The molecule has 0 unspecified atom stereocenters. The van der Waals surface area contributed by atoms with E-state index in [4.69, 9.17) is 25.8 Å². The number of nitriles is 1. The van der Waals surface area contributed by atoms with Crippen LogP contribution in [0.15, 0.2) is 42.1 Å². The first-order chi connectivity index (χ1) is 13.6. The Morgan fingerprint density at radius 3 is 2.89 bits per heavy atom. The lowest BCUT2D eigenvalue weighted by Crippen LogP contribution is -2.16. The van der Waals surface area contributed by atoms with Crippen LogP contribution in [0, 0.1) is 11.3 Å². The van der Waals surface area contributed by atoms with Crippen LogP contribution in [0.2, 0.25) is 5.02 Å². The molecule has 0 spiro atoms. The minimum atomic E-state index is -0.384. The van der Waals surface area contributed by atoms with E-state index in [0.717, 1.165) is 5.52 Å². The predicted molar refractivity (Wildman–Crippen MR) is 105 cm³/mol. The largest absolute Gasteiger partial charge is 0.493 e. The van der Waals surface area contributed by atoms with E-state index < -0.39 is 0 Å². The van der Waals surface area contributed by atoms with Crippen molar-refractivity contribution in [2.75, 3.05) is 20.3 Å². The number of ether oxygens (including phenoxy) is 3. The first kappa shape index (κ1) is 18.0. The van der Waals surface area contributed by atoms with Gasteiger partial charge in [-0.15, -0.1) is 0 Å². The number of halogens is 1. The summed E-state index contributed by atoms with van der Waals surface area (Å²) in [6, 6.07) is 10.6. The smallest absolute Gasteiger partial charge is 0.205 e. The van der Waals surface area contributed by atoms with Crippen LogP contribution in [0.3, 0.4) is 0 Å². The third kappa shape index (κ3) is 3.17. The summed E-state index contributed by atoms with van der Waals surface area (Å²) >= 11 is 5.99. The number of nitrogens with zero attached hydrogens (tertiary/aromatic N) is 1. The molecular formula is C21H15ClN2O4. The van der Waals surface area contributed by atoms with Crippen LogP contribution in [0.4, 0.5) is 0 Å². The molecule has 0 radical (unpaired) electrons. The summed E-state index contributed by atoms with van der Waals surface area (Å²) in [6.07, 6.45) is 3.09. The van der Waals surface area contributed by atoms with Gasteiger partial charge in [0.2, 0.25) is 11.5 Å². The number of carbonyl (C=O) groups is 1. The molecule has 0 bridgehead atoms.